The summed E-state index contributed by atoms with van der Waals surface area (Å²) in [5, 5.41) is 5.51. The number of piperidine rings is 1. The van der Waals surface area contributed by atoms with Crippen LogP contribution in [0, 0.1) is 5.92 Å². The van der Waals surface area contributed by atoms with Crippen LogP contribution in [-0.4, -0.2) is 49.4 Å². The van der Waals surface area contributed by atoms with Gasteiger partial charge in [-0.05, 0) is 74.4 Å². The van der Waals surface area contributed by atoms with Gasteiger partial charge in [-0.1, -0.05) is 30.3 Å². The molecule has 0 spiro atoms. The number of aryl methyl sites for hydroxylation is 1. The van der Waals surface area contributed by atoms with E-state index in [0.29, 0.717) is 23.7 Å². The van der Waals surface area contributed by atoms with E-state index in [2.05, 4.69) is 27.7 Å². The quantitative estimate of drug-likeness (QED) is 0.582. The first-order valence-corrected chi connectivity index (χ1v) is 11.9. The molecule has 34 heavy (non-hydrogen) atoms. The van der Waals surface area contributed by atoms with Crippen LogP contribution in [0.3, 0.4) is 0 Å². The van der Waals surface area contributed by atoms with E-state index in [1.807, 2.05) is 30.3 Å². The number of methoxy groups -OCH3 is 1. The summed E-state index contributed by atoms with van der Waals surface area (Å²) in [6.45, 7) is 2.68. The van der Waals surface area contributed by atoms with Gasteiger partial charge in [-0.25, -0.2) is 4.79 Å². The lowest BCUT2D eigenvalue weighted by Crippen LogP contribution is -2.56. The van der Waals surface area contributed by atoms with E-state index in [4.69, 9.17) is 14.2 Å². The van der Waals surface area contributed by atoms with E-state index in [1.54, 1.807) is 7.11 Å². The number of ether oxygens (including phenoxy) is 3. The molecule has 0 aromatic heterocycles. The van der Waals surface area contributed by atoms with Gasteiger partial charge >= 0.3 is 6.03 Å². The lowest BCUT2D eigenvalue weighted by atomic mass is 9.74. The number of nitrogens with one attached hydrogen (secondary N) is 2. The molecule has 0 saturated carbocycles. The van der Waals surface area contributed by atoms with Crippen LogP contribution in [0.5, 0.6) is 17.2 Å². The summed E-state index contributed by atoms with van der Waals surface area (Å²) in [7, 11) is 1.63. The van der Waals surface area contributed by atoms with E-state index in [0.717, 1.165) is 50.9 Å². The van der Waals surface area contributed by atoms with E-state index >= 15 is 0 Å². The number of carbonyl (C=O) groups is 2. The van der Waals surface area contributed by atoms with Crippen molar-refractivity contribution in [1.82, 2.24) is 15.5 Å². The molecule has 3 heterocycles. The Hall–Kier alpha value is -3.26. The normalized spacial score (nSPS) is 22.5. The first kappa shape index (κ1) is 22.5. The van der Waals surface area contributed by atoms with Gasteiger partial charge in [0, 0.05) is 6.54 Å². The van der Waals surface area contributed by atoms with Crippen molar-refractivity contribution in [2.24, 2.45) is 5.92 Å². The van der Waals surface area contributed by atoms with Crippen LogP contribution >= 0.6 is 0 Å². The molecular formula is C26H31N3O5. The molecule has 3 aliphatic heterocycles. The molecule has 0 unspecified atom stereocenters. The van der Waals surface area contributed by atoms with E-state index in [9.17, 15) is 9.59 Å². The van der Waals surface area contributed by atoms with Crippen LogP contribution in [0.15, 0.2) is 42.5 Å². The number of hydrogen-bond acceptors (Lipinski definition) is 6. The molecule has 2 N–H and O–H groups in total. The van der Waals surface area contributed by atoms with Crippen molar-refractivity contribution in [3.63, 3.8) is 0 Å². The number of benzene rings is 2. The smallest absolute Gasteiger partial charge is 0.322 e. The van der Waals surface area contributed by atoms with Crippen molar-refractivity contribution < 1.29 is 23.8 Å². The van der Waals surface area contributed by atoms with Crippen LogP contribution in [0.4, 0.5) is 4.79 Å². The molecule has 2 saturated heterocycles. The molecule has 180 valence electrons. The summed E-state index contributed by atoms with van der Waals surface area (Å²) >= 11 is 0. The van der Waals surface area contributed by atoms with Crippen molar-refractivity contribution in [3.05, 3.63) is 53.6 Å². The number of urea groups is 1. The van der Waals surface area contributed by atoms with Gasteiger partial charge in [-0.3, -0.25) is 15.0 Å². The molecule has 2 aromatic rings. The molecule has 1 atom stereocenters. The molecular weight excluding hydrogens is 434 g/mol. The maximum absolute atomic E-state index is 13.0. The fourth-order valence-corrected chi connectivity index (χ4v) is 5.51. The van der Waals surface area contributed by atoms with Crippen molar-refractivity contribution >= 4 is 11.9 Å². The fraction of sp³-hybridized carbons (Fsp3) is 0.462. The minimum Gasteiger partial charge on any atom is -0.493 e. The minimum atomic E-state index is -0.820. The third-order valence-electron chi connectivity index (χ3n) is 7.26. The zero-order valence-corrected chi connectivity index (χ0v) is 19.5. The zero-order valence-electron chi connectivity index (χ0n) is 19.5. The van der Waals surface area contributed by atoms with E-state index in [-0.39, 0.29) is 24.6 Å². The van der Waals surface area contributed by atoms with Gasteiger partial charge in [0.15, 0.2) is 11.5 Å². The Morgan fingerprint density at radius 2 is 1.88 bits per heavy atom. The van der Waals surface area contributed by atoms with Crippen molar-refractivity contribution in [2.75, 3.05) is 27.0 Å². The molecule has 0 bridgehead atoms. The Balaban J connectivity index is 1.22. The van der Waals surface area contributed by atoms with E-state index < -0.39 is 5.54 Å². The third-order valence-corrected chi connectivity index (χ3v) is 7.26. The lowest BCUT2D eigenvalue weighted by molar-refractivity contribution is -0.127. The van der Waals surface area contributed by atoms with Gasteiger partial charge in [-0.2, -0.15) is 0 Å². The summed E-state index contributed by atoms with van der Waals surface area (Å²) in [4.78, 5) is 27.4. The molecule has 2 aromatic carbocycles. The van der Waals surface area contributed by atoms with Gasteiger partial charge < -0.3 is 19.5 Å². The van der Waals surface area contributed by atoms with Gasteiger partial charge in [0.1, 0.15) is 5.54 Å². The van der Waals surface area contributed by atoms with Crippen LogP contribution < -0.4 is 24.8 Å². The number of carbonyl (C=O) groups excluding carboxylic acids is 2. The van der Waals surface area contributed by atoms with Crippen LogP contribution in [0.1, 0.15) is 36.8 Å². The maximum atomic E-state index is 13.0. The number of imide groups is 1. The van der Waals surface area contributed by atoms with Crippen molar-refractivity contribution in [3.8, 4) is 17.2 Å². The number of rotatable bonds is 8. The monoisotopic (exact) mass is 465 g/mol. The maximum Gasteiger partial charge on any atom is 0.322 e. The lowest BCUT2D eigenvalue weighted by Gasteiger charge is -2.40. The number of fused-ring (bicyclic) bond motifs is 1. The number of likely N-dealkylation sites (tertiary alicyclic amines) is 1. The highest BCUT2D eigenvalue weighted by Gasteiger charge is 2.51. The van der Waals surface area contributed by atoms with Crippen LogP contribution in [0.25, 0.3) is 0 Å². The van der Waals surface area contributed by atoms with E-state index in [1.165, 1.54) is 5.56 Å². The van der Waals surface area contributed by atoms with Crippen LogP contribution in [-0.2, 0) is 17.8 Å². The second-order valence-electron chi connectivity index (χ2n) is 9.30. The average molecular weight is 466 g/mol. The summed E-state index contributed by atoms with van der Waals surface area (Å²) in [5.74, 6) is 1.99. The van der Waals surface area contributed by atoms with Crippen molar-refractivity contribution in [1.29, 1.82) is 0 Å². The third kappa shape index (κ3) is 4.42. The standard InChI is InChI=1S/C26H31N3O5/c1-32-21-14-19(15-22-23(21)34-17-33-22)16-29-12-9-20(10-13-29)26(24(30)27-25(31)28-26)11-5-8-18-6-3-2-4-7-18/h2-4,6-7,14-15,20H,5,8-13,16-17H2,1H3,(H2,27,28,30,31)/t26-/m1/s1. The Morgan fingerprint density at radius 3 is 2.59 bits per heavy atom. The Labute approximate surface area is 199 Å². The van der Waals surface area contributed by atoms with Gasteiger partial charge in [0.05, 0.1) is 7.11 Å². The topological polar surface area (TPSA) is 89.1 Å². The highest BCUT2D eigenvalue weighted by atomic mass is 16.7. The first-order valence-electron chi connectivity index (χ1n) is 11.9. The molecule has 0 radical (unpaired) electrons. The van der Waals surface area contributed by atoms with Gasteiger partial charge in [-0.15, -0.1) is 0 Å². The molecule has 3 aliphatic rings. The molecule has 8 heteroatoms. The van der Waals surface area contributed by atoms with Crippen LogP contribution in [0.2, 0.25) is 0 Å². The predicted octanol–water partition coefficient (Wildman–Crippen LogP) is 3.24. The largest absolute Gasteiger partial charge is 0.493 e. The second-order valence-corrected chi connectivity index (χ2v) is 9.30. The molecule has 3 amide bonds. The van der Waals surface area contributed by atoms with Gasteiger partial charge in [0.25, 0.3) is 5.91 Å². The van der Waals surface area contributed by atoms with Gasteiger partial charge in [0.2, 0.25) is 12.5 Å². The Kier molecular flexibility index (Phi) is 6.32. The molecule has 5 rings (SSSR count). The molecule has 2 fully saturated rings. The second kappa shape index (κ2) is 9.54. The molecule has 8 nitrogen and oxygen atoms in total. The number of nitrogens with zero attached hydrogens (tertiary/aromatic N) is 1. The van der Waals surface area contributed by atoms with Crippen molar-refractivity contribution in [2.45, 2.75) is 44.2 Å². The average Bonchev–Trinajstić information content (AvgIpc) is 3.43. The summed E-state index contributed by atoms with van der Waals surface area (Å²) in [6, 6.07) is 13.9. The Morgan fingerprint density at radius 1 is 1.09 bits per heavy atom. The summed E-state index contributed by atoms with van der Waals surface area (Å²) in [5.41, 5.74) is 1.53. The predicted molar refractivity (Wildman–Crippen MR) is 126 cm³/mol. The minimum absolute atomic E-state index is 0.109. The summed E-state index contributed by atoms with van der Waals surface area (Å²) < 4.78 is 16.5. The highest BCUT2D eigenvalue weighted by Crippen LogP contribution is 2.42. The fourth-order valence-electron chi connectivity index (χ4n) is 5.51. The molecule has 0 aliphatic carbocycles. The first-order chi connectivity index (χ1) is 16.6. The number of hydrogen-bond donors (Lipinski definition) is 2. The SMILES string of the molecule is COc1cc(CN2CCC([C@@]3(CCCc4ccccc4)NC(=O)NC3=O)CC2)cc2c1OCO2. The Bertz CT molecular complexity index is 1050. The highest BCUT2D eigenvalue weighted by molar-refractivity contribution is 6.07. The summed E-state index contributed by atoms with van der Waals surface area (Å²) in [6.07, 6.45) is 4.07. The number of amides is 3. The zero-order chi connectivity index (χ0) is 23.5.